The van der Waals surface area contributed by atoms with Crippen molar-refractivity contribution in [2.24, 2.45) is 0 Å². The number of phenols is 1. The lowest BCUT2D eigenvalue weighted by Crippen LogP contribution is -2.26. The minimum atomic E-state index is -0.0860. The van der Waals surface area contributed by atoms with E-state index in [-0.39, 0.29) is 11.1 Å². The van der Waals surface area contributed by atoms with Crippen LogP contribution in [-0.4, -0.2) is 44.3 Å². The van der Waals surface area contributed by atoms with E-state index in [1.165, 1.54) is 7.11 Å². The molecule has 2 aromatic rings. The molecule has 0 spiro atoms. The van der Waals surface area contributed by atoms with Gasteiger partial charge in [0.2, 0.25) is 5.75 Å². The van der Waals surface area contributed by atoms with Gasteiger partial charge in [-0.15, -0.1) is 11.8 Å². The zero-order valence-corrected chi connectivity index (χ0v) is 17.1. The molecule has 1 unspecified atom stereocenters. The molecule has 0 aliphatic carbocycles. The highest BCUT2D eigenvalue weighted by Gasteiger charge is 2.33. The lowest BCUT2D eigenvalue weighted by atomic mass is 10.1. The fourth-order valence-corrected chi connectivity index (χ4v) is 4.67. The van der Waals surface area contributed by atoms with Gasteiger partial charge in [0.15, 0.2) is 23.0 Å². The first-order chi connectivity index (χ1) is 13.0. The average Bonchev–Trinajstić information content (AvgIpc) is 3.08. The number of aromatic hydroxyl groups is 1. The predicted octanol–water partition coefficient (Wildman–Crippen LogP) is 4.01. The van der Waals surface area contributed by atoms with Crippen LogP contribution >= 0.6 is 24.0 Å². The van der Waals surface area contributed by atoms with Crippen LogP contribution in [0.4, 0.5) is 5.69 Å². The first-order valence-corrected chi connectivity index (χ1v) is 9.60. The number of rotatable bonds is 6. The molecule has 0 bridgehead atoms. The van der Waals surface area contributed by atoms with E-state index in [0.29, 0.717) is 28.8 Å². The highest BCUT2D eigenvalue weighted by molar-refractivity contribution is 8.02. The number of benzene rings is 2. The molecule has 144 valence electrons. The first kappa shape index (κ1) is 19.4. The van der Waals surface area contributed by atoms with E-state index in [9.17, 15) is 5.11 Å². The fourth-order valence-electron chi connectivity index (χ4n) is 3.02. The Morgan fingerprint density at radius 3 is 2.11 bits per heavy atom. The van der Waals surface area contributed by atoms with Gasteiger partial charge in [0.25, 0.3) is 0 Å². The van der Waals surface area contributed by atoms with Gasteiger partial charge in [-0.25, -0.2) is 0 Å². The number of nitrogens with zero attached hydrogens (tertiary/aromatic N) is 1. The summed E-state index contributed by atoms with van der Waals surface area (Å²) in [6.07, 6.45) is 0. The Bertz CT molecular complexity index is 833. The van der Waals surface area contributed by atoms with E-state index in [2.05, 4.69) is 0 Å². The predicted molar refractivity (Wildman–Crippen MR) is 111 cm³/mol. The molecule has 1 heterocycles. The van der Waals surface area contributed by atoms with Crippen molar-refractivity contribution in [1.29, 1.82) is 0 Å². The van der Waals surface area contributed by atoms with E-state index in [0.717, 1.165) is 16.2 Å². The summed E-state index contributed by atoms with van der Waals surface area (Å²) in [5, 5.41) is 10.1. The standard InChI is InChI=1S/C19H21NO5S2/c1-22-14-6-5-11(7-13(14)21)19-20(17(26)10-27-19)12-8-15(23-2)18(25-4)16(9-12)24-3/h5-9,19,21H,10H2,1-4H3. The summed E-state index contributed by atoms with van der Waals surface area (Å²) < 4.78 is 21.5. The van der Waals surface area contributed by atoms with Crippen molar-refractivity contribution < 1.29 is 24.1 Å². The molecule has 1 saturated heterocycles. The Labute approximate surface area is 168 Å². The number of thiocarbonyl (C=S) groups is 1. The van der Waals surface area contributed by atoms with Crippen LogP contribution in [-0.2, 0) is 0 Å². The third-order valence-corrected chi connectivity index (χ3v) is 6.05. The van der Waals surface area contributed by atoms with Crippen molar-refractivity contribution in [3.8, 4) is 28.7 Å². The van der Waals surface area contributed by atoms with Gasteiger partial charge in [-0.2, -0.15) is 0 Å². The van der Waals surface area contributed by atoms with Crippen molar-refractivity contribution in [2.75, 3.05) is 39.1 Å². The molecule has 8 heteroatoms. The molecular weight excluding hydrogens is 386 g/mol. The maximum absolute atomic E-state index is 10.2. The first-order valence-electron chi connectivity index (χ1n) is 8.14. The van der Waals surface area contributed by atoms with Crippen LogP contribution in [0.2, 0.25) is 0 Å². The Morgan fingerprint density at radius 1 is 0.963 bits per heavy atom. The molecule has 1 aliphatic rings. The van der Waals surface area contributed by atoms with Gasteiger partial charge in [0.1, 0.15) is 5.37 Å². The molecule has 2 aromatic carbocycles. The van der Waals surface area contributed by atoms with Crippen LogP contribution in [0.15, 0.2) is 30.3 Å². The van der Waals surface area contributed by atoms with E-state index >= 15 is 0 Å². The molecule has 1 N–H and O–H groups in total. The summed E-state index contributed by atoms with van der Waals surface area (Å²) in [6.45, 7) is 0. The van der Waals surface area contributed by atoms with Crippen LogP contribution in [0.3, 0.4) is 0 Å². The zero-order chi connectivity index (χ0) is 19.6. The summed E-state index contributed by atoms with van der Waals surface area (Å²) >= 11 is 7.29. The molecule has 1 aliphatic heterocycles. The van der Waals surface area contributed by atoms with E-state index in [1.807, 2.05) is 23.1 Å². The lowest BCUT2D eigenvalue weighted by Gasteiger charge is -2.27. The van der Waals surface area contributed by atoms with E-state index < -0.39 is 0 Å². The molecular formula is C19H21NO5S2. The summed E-state index contributed by atoms with van der Waals surface area (Å²) in [5.74, 6) is 2.87. The smallest absolute Gasteiger partial charge is 0.203 e. The summed E-state index contributed by atoms with van der Waals surface area (Å²) in [4.78, 5) is 2.82. The minimum Gasteiger partial charge on any atom is -0.504 e. The van der Waals surface area contributed by atoms with Gasteiger partial charge in [-0.1, -0.05) is 18.3 Å². The van der Waals surface area contributed by atoms with Gasteiger partial charge in [0, 0.05) is 17.9 Å². The molecule has 27 heavy (non-hydrogen) atoms. The third kappa shape index (κ3) is 3.59. The lowest BCUT2D eigenvalue weighted by molar-refractivity contribution is 0.324. The summed E-state index contributed by atoms with van der Waals surface area (Å²) in [6, 6.07) is 9.12. The molecule has 0 aromatic heterocycles. The quantitative estimate of drug-likeness (QED) is 0.721. The number of anilines is 1. The van der Waals surface area contributed by atoms with Crippen LogP contribution in [0.5, 0.6) is 28.7 Å². The number of hydrogen-bond donors (Lipinski definition) is 1. The van der Waals surface area contributed by atoms with Crippen LogP contribution in [0.1, 0.15) is 10.9 Å². The van der Waals surface area contributed by atoms with Crippen LogP contribution in [0.25, 0.3) is 0 Å². The number of ether oxygens (including phenoxy) is 4. The minimum absolute atomic E-state index is 0.0860. The topological polar surface area (TPSA) is 60.4 Å². The third-order valence-electron chi connectivity index (χ3n) is 4.28. The number of phenolic OH excluding ortho intramolecular Hbond substituents is 1. The Morgan fingerprint density at radius 2 is 1.59 bits per heavy atom. The van der Waals surface area contributed by atoms with Crippen molar-refractivity contribution in [1.82, 2.24) is 0 Å². The van der Waals surface area contributed by atoms with E-state index in [4.69, 9.17) is 31.2 Å². The highest BCUT2D eigenvalue weighted by atomic mass is 32.2. The second-order valence-electron chi connectivity index (χ2n) is 5.74. The van der Waals surface area contributed by atoms with Crippen LogP contribution in [0, 0.1) is 0 Å². The summed E-state index contributed by atoms with van der Waals surface area (Å²) in [5.41, 5.74) is 1.76. The van der Waals surface area contributed by atoms with Crippen molar-refractivity contribution >= 4 is 34.7 Å². The number of hydrogen-bond acceptors (Lipinski definition) is 7. The number of methoxy groups -OCH3 is 4. The zero-order valence-electron chi connectivity index (χ0n) is 15.5. The van der Waals surface area contributed by atoms with Crippen molar-refractivity contribution in [3.05, 3.63) is 35.9 Å². The number of thioether (sulfide) groups is 1. The van der Waals surface area contributed by atoms with Gasteiger partial charge in [0.05, 0.1) is 39.1 Å². The SMILES string of the molecule is COc1ccc(C2SCC(=S)N2c2cc(OC)c(OC)c(OC)c2)cc1O. The van der Waals surface area contributed by atoms with Gasteiger partial charge in [-0.3, -0.25) is 0 Å². The molecule has 0 saturated carbocycles. The van der Waals surface area contributed by atoms with Crippen molar-refractivity contribution in [3.63, 3.8) is 0 Å². The van der Waals surface area contributed by atoms with Gasteiger partial charge in [-0.05, 0) is 17.7 Å². The Balaban J connectivity index is 2.06. The molecule has 0 radical (unpaired) electrons. The normalized spacial score (nSPS) is 16.4. The van der Waals surface area contributed by atoms with Gasteiger partial charge < -0.3 is 29.0 Å². The maximum Gasteiger partial charge on any atom is 0.203 e. The molecule has 0 amide bonds. The maximum atomic E-state index is 10.2. The van der Waals surface area contributed by atoms with Gasteiger partial charge >= 0.3 is 0 Å². The molecule has 6 nitrogen and oxygen atoms in total. The Kier molecular flexibility index (Phi) is 5.86. The Hall–Kier alpha value is -2.32. The van der Waals surface area contributed by atoms with E-state index in [1.54, 1.807) is 45.2 Å². The second kappa shape index (κ2) is 8.14. The second-order valence-corrected chi connectivity index (χ2v) is 7.28. The molecule has 1 atom stereocenters. The highest BCUT2D eigenvalue weighted by Crippen LogP contribution is 2.48. The summed E-state index contributed by atoms with van der Waals surface area (Å²) in [7, 11) is 6.25. The van der Waals surface area contributed by atoms with Crippen LogP contribution < -0.4 is 23.8 Å². The van der Waals surface area contributed by atoms with Crippen molar-refractivity contribution in [2.45, 2.75) is 5.37 Å². The fraction of sp³-hybridized carbons (Fsp3) is 0.316. The largest absolute Gasteiger partial charge is 0.504 e. The molecule has 3 rings (SSSR count). The monoisotopic (exact) mass is 407 g/mol. The average molecular weight is 408 g/mol. The molecule has 1 fully saturated rings.